The fraction of sp³-hybridized carbons (Fsp3) is 0.588. The molecule has 0 fully saturated rings. The molecule has 1 unspecified atom stereocenters. The van der Waals surface area contributed by atoms with Crippen LogP contribution in [-0.2, 0) is 4.79 Å². The number of nitrogens with zero attached hydrogens (tertiary/aromatic N) is 1. The van der Waals surface area contributed by atoms with Crippen molar-refractivity contribution in [3.63, 3.8) is 0 Å². The third-order valence-electron chi connectivity index (χ3n) is 3.27. The SMILES string of the molecule is CCN(CC)c1ccc(NC(C)C(=O)NC(C)(C)C)cc1. The molecule has 1 aromatic carbocycles. The van der Waals surface area contributed by atoms with E-state index in [4.69, 9.17) is 0 Å². The van der Waals surface area contributed by atoms with Gasteiger partial charge in [-0.2, -0.15) is 0 Å². The molecule has 1 rings (SSSR count). The van der Waals surface area contributed by atoms with Crippen LogP contribution in [0.5, 0.6) is 0 Å². The fourth-order valence-corrected chi connectivity index (χ4v) is 2.15. The Bertz CT molecular complexity index is 444. The molecule has 0 aromatic heterocycles. The quantitative estimate of drug-likeness (QED) is 0.845. The van der Waals surface area contributed by atoms with Gasteiger partial charge in [-0.3, -0.25) is 4.79 Å². The van der Waals surface area contributed by atoms with E-state index in [1.165, 1.54) is 5.69 Å². The van der Waals surface area contributed by atoms with Crippen molar-refractivity contribution in [1.29, 1.82) is 0 Å². The molecule has 118 valence electrons. The molecule has 0 bridgehead atoms. The number of carbonyl (C=O) groups excluding carboxylic acids is 1. The predicted octanol–water partition coefficient (Wildman–Crippen LogP) is 3.25. The van der Waals surface area contributed by atoms with Crippen molar-refractivity contribution in [1.82, 2.24) is 5.32 Å². The molecule has 0 aliphatic heterocycles. The number of hydrogen-bond acceptors (Lipinski definition) is 3. The number of amides is 1. The zero-order valence-electron chi connectivity index (χ0n) is 14.2. The van der Waals surface area contributed by atoms with Crippen LogP contribution in [0.1, 0.15) is 41.5 Å². The van der Waals surface area contributed by atoms with Gasteiger partial charge in [0.15, 0.2) is 0 Å². The second-order valence-electron chi connectivity index (χ2n) is 6.32. The van der Waals surface area contributed by atoms with Crippen molar-refractivity contribution in [3.05, 3.63) is 24.3 Å². The first-order valence-corrected chi connectivity index (χ1v) is 7.70. The van der Waals surface area contributed by atoms with E-state index >= 15 is 0 Å². The molecule has 0 aliphatic carbocycles. The topological polar surface area (TPSA) is 44.4 Å². The lowest BCUT2D eigenvalue weighted by atomic mass is 10.1. The van der Waals surface area contributed by atoms with Crippen molar-refractivity contribution in [3.8, 4) is 0 Å². The maximum Gasteiger partial charge on any atom is 0.242 e. The maximum atomic E-state index is 12.0. The maximum absolute atomic E-state index is 12.0. The van der Waals surface area contributed by atoms with Crippen LogP contribution < -0.4 is 15.5 Å². The Labute approximate surface area is 128 Å². The van der Waals surface area contributed by atoms with Crippen LogP contribution in [0.3, 0.4) is 0 Å². The summed E-state index contributed by atoms with van der Waals surface area (Å²) in [6.45, 7) is 14.1. The lowest BCUT2D eigenvalue weighted by Crippen LogP contribution is -2.47. The van der Waals surface area contributed by atoms with Crippen LogP contribution in [0.15, 0.2) is 24.3 Å². The van der Waals surface area contributed by atoms with Gasteiger partial charge < -0.3 is 15.5 Å². The number of nitrogens with one attached hydrogen (secondary N) is 2. The lowest BCUT2D eigenvalue weighted by molar-refractivity contribution is -0.122. The third-order valence-corrected chi connectivity index (χ3v) is 3.27. The summed E-state index contributed by atoms with van der Waals surface area (Å²) >= 11 is 0. The highest BCUT2D eigenvalue weighted by molar-refractivity contribution is 5.84. The number of benzene rings is 1. The van der Waals surface area contributed by atoms with Gasteiger partial charge in [-0.25, -0.2) is 0 Å². The molecule has 2 N–H and O–H groups in total. The molecule has 1 atom stereocenters. The standard InChI is InChI=1S/C17H29N3O/c1-7-20(8-2)15-11-9-14(10-12-15)18-13(3)16(21)19-17(4,5)6/h9-13,18H,7-8H2,1-6H3,(H,19,21). The third kappa shape index (κ3) is 5.66. The monoisotopic (exact) mass is 291 g/mol. The molecule has 4 heteroatoms. The van der Waals surface area contributed by atoms with Gasteiger partial charge in [0, 0.05) is 30.0 Å². The summed E-state index contributed by atoms with van der Waals surface area (Å²) in [4.78, 5) is 14.3. The van der Waals surface area contributed by atoms with Gasteiger partial charge in [-0.1, -0.05) is 0 Å². The Kier molecular flexibility index (Phi) is 6.06. The van der Waals surface area contributed by atoms with Gasteiger partial charge in [-0.15, -0.1) is 0 Å². The number of anilines is 2. The van der Waals surface area contributed by atoms with Gasteiger partial charge >= 0.3 is 0 Å². The minimum atomic E-state index is -0.261. The highest BCUT2D eigenvalue weighted by atomic mass is 16.2. The van der Waals surface area contributed by atoms with E-state index in [0.29, 0.717) is 0 Å². The van der Waals surface area contributed by atoms with Gasteiger partial charge in [0.25, 0.3) is 0 Å². The van der Waals surface area contributed by atoms with Crippen LogP contribution >= 0.6 is 0 Å². The Morgan fingerprint density at radius 1 is 1.14 bits per heavy atom. The summed E-state index contributed by atoms with van der Waals surface area (Å²) in [5.41, 5.74) is 1.96. The second-order valence-corrected chi connectivity index (χ2v) is 6.32. The Balaban J connectivity index is 2.65. The first-order valence-electron chi connectivity index (χ1n) is 7.70. The van der Waals surface area contributed by atoms with Crippen molar-refractivity contribution < 1.29 is 4.79 Å². The lowest BCUT2D eigenvalue weighted by Gasteiger charge is -2.24. The summed E-state index contributed by atoms with van der Waals surface area (Å²) in [5.74, 6) is 0.00956. The van der Waals surface area contributed by atoms with E-state index in [2.05, 4.69) is 41.5 Å². The molecule has 0 saturated heterocycles. The minimum Gasteiger partial charge on any atom is -0.374 e. The van der Waals surface area contributed by atoms with E-state index in [1.54, 1.807) is 0 Å². The largest absolute Gasteiger partial charge is 0.374 e. The van der Waals surface area contributed by atoms with Crippen molar-refractivity contribution in [2.45, 2.75) is 53.1 Å². The van der Waals surface area contributed by atoms with Crippen LogP contribution in [0, 0.1) is 0 Å². The van der Waals surface area contributed by atoms with Crippen LogP contribution in [-0.4, -0.2) is 30.6 Å². The summed E-state index contributed by atoms with van der Waals surface area (Å²) in [7, 11) is 0. The zero-order valence-corrected chi connectivity index (χ0v) is 14.2. The van der Waals surface area contributed by atoms with Crippen molar-refractivity contribution in [2.24, 2.45) is 0 Å². The van der Waals surface area contributed by atoms with Crippen molar-refractivity contribution in [2.75, 3.05) is 23.3 Å². The smallest absolute Gasteiger partial charge is 0.242 e. The molecule has 0 aliphatic rings. The van der Waals surface area contributed by atoms with E-state index in [9.17, 15) is 4.79 Å². The van der Waals surface area contributed by atoms with Crippen LogP contribution in [0.25, 0.3) is 0 Å². The Morgan fingerprint density at radius 3 is 2.10 bits per heavy atom. The van der Waals surface area contributed by atoms with E-state index < -0.39 is 0 Å². The normalized spacial score (nSPS) is 12.7. The highest BCUT2D eigenvalue weighted by Crippen LogP contribution is 2.18. The predicted molar refractivity (Wildman–Crippen MR) is 91.0 cm³/mol. The van der Waals surface area contributed by atoms with Gasteiger partial charge in [0.05, 0.1) is 0 Å². The van der Waals surface area contributed by atoms with Crippen LogP contribution in [0.4, 0.5) is 11.4 Å². The average molecular weight is 291 g/mol. The summed E-state index contributed by atoms with van der Waals surface area (Å²) in [6, 6.07) is 7.96. The van der Waals surface area contributed by atoms with Crippen molar-refractivity contribution >= 4 is 17.3 Å². The fourth-order valence-electron chi connectivity index (χ4n) is 2.15. The molecule has 21 heavy (non-hydrogen) atoms. The minimum absolute atomic E-state index is 0.00956. The number of rotatable bonds is 6. The molecule has 0 heterocycles. The van der Waals surface area contributed by atoms with Crippen LogP contribution in [0.2, 0.25) is 0 Å². The van der Waals surface area contributed by atoms with E-state index in [0.717, 1.165) is 18.8 Å². The summed E-state index contributed by atoms with van der Waals surface area (Å²) < 4.78 is 0. The molecule has 1 amide bonds. The molecule has 1 aromatic rings. The Morgan fingerprint density at radius 2 is 1.67 bits per heavy atom. The van der Waals surface area contributed by atoms with E-state index in [1.807, 2.05) is 39.8 Å². The molecule has 0 saturated carbocycles. The molecule has 4 nitrogen and oxygen atoms in total. The number of carbonyl (C=O) groups is 1. The second kappa shape index (κ2) is 7.34. The molecular formula is C17H29N3O. The number of hydrogen-bond donors (Lipinski definition) is 2. The highest BCUT2D eigenvalue weighted by Gasteiger charge is 2.18. The van der Waals surface area contributed by atoms with Gasteiger partial charge in [0.2, 0.25) is 5.91 Å². The Hall–Kier alpha value is -1.71. The molecule has 0 spiro atoms. The molecule has 0 radical (unpaired) electrons. The first-order chi connectivity index (χ1) is 9.76. The first kappa shape index (κ1) is 17.3. The summed E-state index contributed by atoms with van der Waals surface area (Å²) in [5, 5.41) is 6.21. The van der Waals surface area contributed by atoms with Gasteiger partial charge in [0.1, 0.15) is 6.04 Å². The van der Waals surface area contributed by atoms with Gasteiger partial charge in [-0.05, 0) is 65.8 Å². The average Bonchev–Trinajstić information content (AvgIpc) is 2.40. The zero-order chi connectivity index (χ0) is 16.0. The molecular weight excluding hydrogens is 262 g/mol. The van der Waals surface area contributed by atoms with E-state index in [-0.39, 0.29) is 17.5 Å². The summed E-state index contributed by atoms with van der Waals surface area (Å²) in [6.07, 6.45) is 0.